The van der Waals surface area contributed by atoms with Crippen LogP contribution < -0.4 is 5.32 Å². The average Bonchev–Trinajstić information content (AvgIpc) is 2.14. The van der Waals surface area contributed by atoms with Crippen LogP contribution >= 0.6 is 0 Å². The van der Waals surface area contributed by atoms with Gasteiger partial charge in [-0.25, -0.2) is 0 Å². The largest absolute Gasteiger partial charge is 0.391 e. The molecule has 2 heteroatoms. The zero-order valence-electron chi connectivity index (χ0n) is 4.93. The third-order valence-corrected chi connectivity index (χ3v) is 1.62. The van der Waals surface area contributed by atoms with Crippen molar-refractivity contribution in [2.45, 2.75) is 25.0 Å². The Morgan fingerprint density at radius 2 is 2.50 bits per heavy atom. The molecule has 2 N–H and O–H groups in total. The lowest BCUT2D eigenvalue weighted by atomic mass is 10.1. The van der Waals surface area contributed by atoms with E-state index in [4.69, 9.17) is 5.11 Å². The Kier molecular flexibility index (Phi) is 1.86. The van der Waals surface area contributed by atoms with Crippen molar-refractivity contribution in [3.05, 3.63) is 6.92 Å². The summed E-state index contributed by atoms with van der Waals surface area (Å²) in [5, 5.41) is 12.2. The molecular formula is C6H12NO. The van der Waals surface area contributed by atoms with Gasteiger partial charge in [-0.1, -0.05) is 6.92 Å². The molecule has 2 nitrogen and oxygen atoms in total. The lowest BCUT2D eigenvalue weighted by Gasteiger charge is -2.09. The molecule has 0 aliphatic carbocycles. The first-order chi connectivity index (χ1) is 3.84. The van der Waals surface area contributed by atoms with Crippen molar-refractivity contribution in [1.82, 2.24) is 5.32 Å². The zero-order valence-corrected chi connectivity index (χ0v) is 4.93. The molecule has 1 radical (unpaired) electrons. The molecular weight excluding hydrogens is 102 g/mol. The monoisotopic (exact) mass is 114 g/mol. The van der Waals surface area contributed by atoms with Gasteiger partial charge in [0, 0.05) is 6.04 Å². The van der Waals surface area contributed by atoms with Crippen LogP contribution in [0, 0.1) is 6.92 Å². The van der Waals surface area contributed by atoms with Crippen LogP contribution in [-0.2, 0) is 0 Å². The maximum Gasteiger partial charge on any atom is 0.0705 e. The van der Waals surface area contributed by atoms with Gasteiger partial charge in [0.15, 0.2) is 0 Å². The molecule has 0 aromatic carbocycles. The smallest absolute Gasteiger partial charge is 0.0705 e. The minimum Gasteiger partial charge on any atom is -0.391 e. The molecule has 1 heterocycles. The maximum absolute atomic E-state index is 9.09. The second kappa shape index (κ2) is 2.46. The molecule has 1 saturated heterocycles. The van der Waals surface area contributed by atoms with Crippen molar-refractivity contribution in [3.8, 4) is 0 Å². The van der Waals surface area contributed by atoms with Crippen LogP contribution in [0.3, 0.4) is 0 Å². The van der Waals surface area contributed by atoms with Crippen LogP contribution in [0.4, 0.5) is 0 Å². The van der Waals surface area contributed by atoms with Gasteiger partial charge in [0.05, 0.1) is 6.10 Å². The van der Waals surface area contributed by atoms with Gasteiger partial charge >= 0.3 is 0 Å². The van der Waals surface area contributed by atoms with Crippen molar-refractivity contribution in [3.63, 3.8) is 0 Å². The Labute approximate surface area is 49.9 Å². The third-order valence-electron chi connectivity index (χ3n) is 1.62. The van der Waals surface area contributed by atoms with Gasteiger partial charge in [0.2, 0.25) is 0 Å². The van der Waals surface area contributed by atoms with E-state index in [0.717, 1.165) is 19.4 Å². The summed E-state index contributed by atoms with van der Waals surface area (Å²) in [7, 11) is 0. The van der Waals surface area contributed by atoms with Crippen molar-refractivity contribution in [2.75, 3.05) is 6.54 Å². The van der Waals surface area contributed by atoms with E-state index in [1.54, 1.807) is 0 Å². The van der Waals surface area contributed by atoms with Gasteiger partial charge in [-0.05, 0) is 19.4 Å². The summed E-state index contributed by atoms with van der Waals surface area (Å²) < 4.78 is 0. The first kappa shape index (κ1) is 6.05. The summed E-state index contributed by atoms with van der Waals surface area (Å²) >= 11 is 0. The lowest BCUT2D eigenvalue weighted by Crippen LogP contribution is -2.28. The highest BCUT2D eigenvalue weighted by Crippen LogP contribution is 2.08. The normalized spacial score (nSPS) is 38.2. The molecule has 1 aliphatic rings. The highest BCUT2D eigenvalue weighted by Gasteiger charge is 2.21. The first-order valence-corrected chi connectivity index (χ1v) is 3.05. The molecule has 0 amide bonds. The molecule has 47 valence electrons. The molecule has 1 fully saturated rings. The summed E-state index contributed by atoms with van der Waals surface area (Å²) in [6.07, 6.45) is 1.54. The molecule has 1 rings (SSSR count). The Hall–Kier alpha value is -0.0800. The standard InChI is InChI=1S/C6H12NO/c1-2-5-6(8)3-4-7-5/h5-8H,1-4H2. The van der Waals surface area contributed by atoms with Crippen molar-refractivity contribution < 1.29 is 5.11 Å². The van der Waals surface area contributed by atoms with Gasteiger partial charge in [0.1, 0.15) is 0 Å². The number of nitrogens with one attached hydrogen (secondary N) is 1. The Morgan fingerprint density at radius 1 is 1.75 bits per heavy atom. The second-order valence-electron chi connectivity index (χ2n) is 2.21. The van der Waals surface area contributed by atoms with E-state index in [-0.39, 0.29) is 12.1 Å². The number of rotatable bonds is 1. The molecule has 0 aromatic heterocycles. The number of aliphatic hydroxyl groups excluding tert-OH is 1. The van der Waals surface area contributed by atoms with Crippen molar-refractivity contribution in [2.24, 2.45) is 0 Å². The number of hydrogen-bond acceptors (Lipinski definition) is 2. The van der Waals surface area contributed by atoms with Crippen LogP contribution in [0.25, 0.3) is 0 Å². The lowest BCUT2D eigenvalue weighted by molar-refractivity contribution is 0.160. The number of aliphatic hydroxyl groups is 1. The van der Waals surface area contributed by atoms with Gasteiger partial charge in [-0.3, -0.25) is 0 Å². The summed E-state index contributed by atoms with van der Waals surface area (Å²) in [5.74, 6) is 0. The second-order valence-corrected chi connectivity index (χ2v) is 2.21. The van der Waals surface area contributed by atoms with Gasteiger partial charge in [-0.2, -0.15) is 0 Å². The van der Waals surface area contributed by atoms with Crippen LogP contribution in [-0.4, -0.2) is 23.8 Å². The van der Waals surface area contributed by atoms with E-state index in [0.29, 0.717) is 0 Å². The average molecular weight is 114 g/mol. The summed E-state index contributed by atoms with van der Waals surface area (Å²) in [6, 6.07) is 0.259. The Balaban J connectivity index is 2.30. The quantitative estimate of drug-likeness (QED) is 0.500. The van der Waals surface area contributed by atoms with Gasteiger partial charge in [-0.15, -0.1) is 0 Å². The van der Waals surface area contributed by atoms with E-state index in [2.05, 4.69) is 12.2 Å². The van der Waals surface area contributed by atoms with Crippen LogP contribution in [0.5, 0.6) is 0 Å². The highest BCUT2D eigenvalue weighted by atomic mass is 16.3. The maximum atomic E-state index is 9.09. The molecule has 0 bridgehead atoms. The van der Waals surface area contributed by atoms with E-state index in [1.807, 2.05) is 0 Å². The molecule has 0 saturated carbocycles. The van der Waals surface area contributed by atoms with E-state index >= 15 is 0 Å². The van der Waals surface area contributed by atoms with E-state index in [1.165, 1.54) is 0 Å². The fraction of sp³-hybridized carbons (Fsp3) is 0.833. The van der Waals surface area contributed by atoms with Crippen molar-refractivity contribution >= 4 is 0 Å². The first-order valence-electron chi connectivity index (χ1n) is 3.05. The molecule has 0 aromatic rings. The van der Waals surface area contributed by atoms with E-state index in [9.17, 15) is 0 Å². The van der Waals surface area contributed by atoms with Crippen LogP contribution in [0.15, 0.2) is 0 Å². The van der Waals surface area contributed by atoms with Crippen LogP contribution in [0.2, 0.25) is 0 Å². The third kappa shape index (κ3) is 1.01. The molecule has 8 heavy (non-hydrogen) atoms. The minimum atomic E-state index is -0.146. The SMILES string of the molecule is [CH2]CC1NCCC1O. The summed E-state index contributed by atoms with van der Waals surface area (Å²) in [4.78, 5) is 0. The van der Waals surface area contributed by atoms with E-state index < -0.39 is 0 Å². The van der Waals surface area contributed by atoms with Gasteiger partial charge < -0.3 is 10.4 Å². The fourth-order valence-corrected chi connectivity index (χ4v) is 1.05. The molecule has 2 unspecified atom stereocenters. The summed E-state index contributed by atoms with van der Waals surface area (Å²) in [5.41, 5.74) is 0. The van der Waals surface area contributed by atoms with Crippen molar-refractivity contribution in [1.29, 1.82) is 0 Å². The topological polar surface area (TPSA) is 32.3 Å². The fourth-order valence-electron chi connectivity index (χ4n) is 1.05. The van der Waals surface area contributed by atoms with Gasteiger partial charge in [0.25, 0.3) is 0 Å². The van der Waals surface area contributed by atoms with Crippen LogP contribution in [0.1, 0.15) is 12.8 Å². The number of hydrogen-bond donors (Lipinski definition) is 2. The molecule has 1 aliphatic heterocycles. The minimum absolute atomic E-state index is 0.146. The molecule has 0 spiro atoms. The highest BCUT2D eigenvalue weighted by molar-refractivity contribution is 4.83. The summed E-state index contributed by atoms with van der Waals surface area (Å²) in [6.45, 7) is 4.64. The predicted molar refractivity (Wildman–Crippen MR) is 32.4 cm³/mol. The molecule has 2 atom stereocenters. The Morgan fingerprint density at radius 3 is 2.75 bits per heavy atom. The zero-order chi connectivity index (χ0) is 5.98. The predicted octanol–water partition coefficient (Wildman–Crippen LogP) is -0.0666. The Bertz CT molecular complexity index is 74.9.